The minimum Gasteiger partial charge on any atom is -0.326 e. The van der Waals surface area contributed by atoms with Crippen LogP contribution in [0.25, 0.3) is 0 Å². The van der Waals surface area contributed by atoms with Gasteiger partial charge in [0.25, 0.3) is 0 Å². The Kier molecular flexibility index (Phi) is 4.72. The Morgan fingerprint density at radius 1 is 1.28 bits per heavy atom. The van der Waals surface area contributed by atoms with E-state index in [-0.39, 0.29) is 29.3 Å². The number of halogens is 2. The SMILES string of the molecule is CC1CN(S(=O)(=O)c2ccc(F)cc2)CC1N.Cl. The highest BCUT2D eigenvalue weighted by Crippen LogP contribution is 2.23. The molecule has 0 spiro atoms. The zero-order chi connectivity index (χ0) is 12.6. The monoisotopic (exact) mass is 294 g/mol. The molecule has 1 aromatic rings. The minimum absolute atomic E-state index is 0. The van der Waals surface area contributed by atoms with Crippen LogP contribution in [-0.2, 0) is 10.0 Å². The summed E-state index contributed by atoms with van der Waals surface area (Å²) in [5.74, 6) is -0.305. The van der Waals surface area contributed by atoms with Crippen molar-refractivity contribution in [1.29, 1.82) is 0 Å². The average Bonchev–Trinajstić information content (AvgIpc) is 2.60. The molecule has 1 fully saturated rings. The van der Waals surface area contributed by atoms with E-state index >= 15 is 0 Å². The van der Waals surface area contributed by atoms with Gasteiger partial charge in [0.1, 0.15) is 5.82 Å². The average molecular weight is 295 g/mol. The number of sulfonamides is 1. The largest absolute Gasteiger partial charge is 0.326 e. The Bertz CT molecular complexity index is 496. The summed E-state index contributed by atoms with van der Waals surface area (Å²) in [5, 5.41) is 0. The topological polar surface area (TPSA) is 63.4 Å². The molecule has 0 aliphatic carbocycles. The highest BCUT2D eigenvalue weighted by Gasteiger charge is 2.35. The fourth-order valence-corrected chi connectivity index (χ4v) is 3.48. The van der Waals surface area contributed by atoms with Gasteiger partial charge in [-0.1, -0.05) is 6.92 Å². The van der Waals surface area contributed by atoms with Crippen LogP contribution in [0.15, 0.2) is 29.2 Å². The van der Waals surface area contributed by atoms with E-state index in [1.54, 1.807) is 0 Å². The molecule has 1 aliphatic rings. The normalized spacial score (nSPS) is 24.8. The zero-order valence-corrected chi connectivity index (χ0v) is 11.5. The van der Waals surface area contributed by atoms with Crippen molar-refractivity contribution in [3.05, 3.63) is 30.1 Å². The van der Waals surface area contributed by atoms with Crippen LogP contribution in [0.1, 0.15) is 6.92 Å². The summed E-state index contributed by atoms with van der Waals surface area (Å²) >= 11 is 0. The molecule has 0 amide bonds. The lowest BCUT2D eigenvalue weighted by atomic mass is 10.1. The van der Waals surface area contributed by atoms with E-state index in [9.17, 15) is 12.8 Å². The van der Waals surface area contributed by atoms with Gasteiger partial charge in [0.15, 0.2) is 0 Å². The predicted molar refractivity (Wildman–Crippen MR) is 69.5 cm³/mol. The van der Waals surface area contributed by atoms with Crippen LogP contribution in [0.5, 0.6) is 0 Å². The molecule has 2 N–H and O–H groups in total. The van der Waals surface area contributed by atoms with Gasteiger partial charge >= 0.3 is 0 Å². The Morgan fingerprint density at radius 3 is 2.28 bits per heavy atom. The first-order valence-corrected chi connectivity index (χ1v) is 6.86. The summed E-state index contributed by atoms with van der Waals surface area (Å²) in [6, 6.07) is 4.71. The lowest BCUT2D eigenvalue weighted by Gasteiger charge is -2.15. The predicted octanol–water partition coefficient (Wildman–Crippen LogP) is 1.22. The molecule has 2 atom stereocenters. The summed E-state index contributed by atoms with van der Waals surface area (Å²) < 4.78 is 38.5. The van der Waals surface area contributed by atoms with Crippen molar-refractivity contribution >= 4 is 22.4 Å². The van der Waals surface area contributed by atoms with Crippen LogP contribution in [0.2, 0.25) is 0 Å². The van der Waals surface area contributed by atoms with Crippen molar-refractivity contribution in [2.24, 2.45) is 11.7 Å². The molecule has 1 heterocycles. The number of hydrogen-bond acceptors (Lipinski definition) is 3. The first-order chi connectivity index (χ1) is 7.91. The molecular formula is C11H16ClFN2O2S. The molecule has 18 heavy (non-hydrogen) atoms. The van der Waals surface area contributed by atoms with E-state index < -0.39 is 15.8 Å². The van der Waals surface area contributed by atoms with Crippen molar-refractivity contribution in [1.82, 2.24) is 4.31 Å². The second kappa shape index (κ2) is 5.52. The second-order valence-corrected chi connectivity index (χ2v) is 6.36. The third kappa shape index (κ3) is 2.83. The van der Waals surface area contributed by atoms with Gasteiger partial charge in [-0.05, 0) is 30.2 Å². The van der Waals surface area contributed by atoms with Crippen LogP contribution in [0.3, 0.4) is 0 Å². The quantitative estimate of drug-likeness (QED) is 0.892. The second-order valence-electron chi connectivity index (χ2n) is 4.42. The van der Waals surface area contributed by atoms with Gasteiger partial charge < -0.3 is 5.73 Å². The Labute approximate surface area is 112 Å². The number of rotatable bonds is 2. The molecule has 7 heteroatoms. The summed E-state index contributed by atoms with van der Waals surface area (Å²) in [7, 11) is -3.53. The maximum atomic E-state index is 12.7. The van der Waals surface area contributed by atoms with Gasteiger partial charge in [0.2, 0.25) is 10.0 Å². The number of nitrogens with zero attached hydrogens (tertiary/aromatic N) is 1. The molecule has 102 valence electrons. The van der Waals surface area contributed by atoms with Gasteiger partial charge in [-0.25, -0.2) is 12.8 Å². The van der Waals surface area contributed by atoms with Crippen LogP contribution in [0.4, 0.5) is 4.39 Å². The highest BCUT2D eigenvalue weighted by atomic mass is 35.5. The summed E-state index contributed by atoms with van der Waals surface area (Å²) in [6.07, 6.45) is 0. The lowest BCUT2D eigenvalue weighted by molar-refractivity contribution is 0.464. The van der Waals surface area contributed by atoms with E-state index in [4.69, 9.17) is 5.73 Å². The molecular weight excluding hydrogens is 279 g/mol. The molecule has 2 unspecified atom stereocenters. The van der Waals surface area contributed by atoms with E-state index in [1.165, 1.54) is 16.4 Å². The Balaban J connectivity index is 0.00000162. The van der Waals surface area contributed by atoms with Crippen LogP contribution >= 0.6 is 12.4 Å². The summed E-state index contributed by atoms with van der Waals surface area (Å²) in [4.78, 5) is 0.111. The van der Waals surface area contributed by atoms with Crippen LogP contribution in [-0.4, -0.2) is 31.9 Å². The first kappa shape index (κ1) is 15.4. The molecule has 1 aromatic carbocycles. The third-order valence-corrected chi connectivity index (χ3v) is 4.93. The van der Waals surface area contributed by atoms with Crippen molar-refractivity contribution in [3.8, 4) is 0 Å². The van der Waals surface area contributed by atoms with E-state index in [0.717, 1.165) is 12.1 Å². The van der Waals surface area contributed by atoms with Gasteiger partial charge in [0, 0.05) is 19.1 Å². The van der Waals surface area contributed by atoms with E-state index in [2.05, 4.69) is 0 Å². The smallest absolute Gasteiger partial charge is 0.243 e. The van der Waals surface area contributed by atoms with Crippen molar-refractivity contribution in [2.75, 3.05) is 13.1 Å². The molecule has 0 aromatic heterocycles. The molecule has 4 nitrogen and oxygen atoms in total. The maximum Gasteiger partial charge on any atom is 0.243 e. The fourth-order valence-electron chi connectivity index (χ4n) is 1.90. The van der Waals surface area contributed by atoms with Gasteiger partial charge in [-0.15, -0.1) is 12.4 Å². The Hall–Kier alpha value is -0.690. The van der Waals surface area contributed by atoms with Crippen LogP contribution < -0.4 is 5.73 Å². The van der Waals surface area contributed by atoms with Gasteiger partial charge in [-0.2, -0.15) is 4.31 Å². The zero-order valence-electron chi connectivity index (χ0n) is 9.91. The standard InChI is InChI=1S/C11H15FN2O2S.ClH/c1-8-6-14(7-11(8)13)17(15,16)10-4-2-9(12)3-5-10;/h2-5,8,11H,6-7,13H2,1H3;1H. The molecule has 0 radical (unpaired) electrons. The van der Waals surface area contributed by atoms with Crippen molar-refractivity contribution in [2.45, 2.75) is 17.9 Å². The minimum atomic E-state index is -3.53. The molecule has 1 aliphatic heterocycles. The third-order valence-electron chi connectivity index (χ3n) is 3.09. The maximum absolute atomic E-state index is 12.7. The molecule has 1 saturated heterocycles. The number of hydrogen-bond donors (Lipinski definition) is 1. The van der Waals surface area contributed by atoms with Crippen molar-refractivity contribution in [3.63, 3.8) is 0 Å². The number of nitrogens with two attached hydrogens (primary N) is 1. The van der Waals surface area contributed by atoms with Crippen LogP contribution in [0, 0.1) is 11.7 Å². The fraction of sp³-hybridized carbons (Fsp3) is 0.455. The highest BCUT2D eigenvalue weighted by molar-refractivity contribution is 7.89. The molecule has 0 bridgehead atoms. The van der Waals surface area contributed by atoms with Gasteiger partial charge in [0.05, 0.1) is 4.90 Å². The van der Waals surface area contributed by atoms with Crippen molar-refractivity contribution < 1.29 is 12.8 Å². The lowest BCUT2D eigenvalue weighted by Crippen LogP contribution is -2.32. The molecule has 0 saturated carbocycles. The molecule has 2 rings (SSSR count). The van der Waals surface area contributed by atoms with E-state index in [0.29, 0.717) is 13.1 Å². The van der Waals surface area contributed by atoms with Gasteiger partial charge in [-0.3, -0.25) is 0 Å². The Morgan fingerprint density at radius 2 is 1.83 bits per heavy atom. The first-order valence-electron chi connectivity index (χ1n) is 5.42. The number of benzene rings is 1. The summed E-state index contributed by atoms with van der Waals surface area (Å²) in [6.45, 7) is 2.66. The van der Waals surface area contributed by atoms with E-state index in [1.807, 2.05) is 6.92 Å². The summed E-state index contributed by atoms with van der Waals surface area (Å²) in [5.41, 5.74) is 5.80.